The van der Waals surface area contributed by atoms with Crippen LogP contribution in [0.2, 0.25) is 5.02 Å². The van der Waals surface area contributed by atoms with Crippen molar-refractivity contribution >= 4 is 46.0 Å². The Morgan fingerprint density at radius 2 is 2.11 bits per heavy atom. The Hall–Kier alpha value is -2.22. The zero-order valence-corrected chi connectivity index (χ0v) is 17.2. The first-order valence-electron chi connectivity index (χ1n) is 8.35. The first kappa shape index (κ1) is 19.5. The lowest BCUT2D eigenvalue weighted by Crippen LogP contribution is -2.25. The van der Waals surface area contributed by atoms with Crippen LogP contribution >= 0.6 is 23.5 Å². The van der Waals surface area contributed by atoms with Crippen LogP contribution in [0.5, 0.6) is 5.75 Å². The van der Waals surface area contributed by atoms with Crippen molar-refractivity contribution in [2.24, 2.45) is 0 Å². The molecule has 1 heterocycles. The number of amides is 1. The number of aryl methyl sites for hydroxylation is 2. The molecule has 2 aromatic carbocycles. The Balaban J connectivity index is 1.66. The molecule has 0 saturated heterocycles. The van der Waals surface area contributed by atoms with Crippen LogP contribution in [-0.4, -0.2) is 41.1 Å². The lowest BCUT2D eigenvalue weighted by atomic mass is 10.1. The molecule has 142 valence electrons. The van der Waals surface area contributed by atoms with Crippen LogP contribution in [0, 0.1) is 13.8 Å². The molecule has 27 heavy (non-hydrogen) atoms. The van der Waals surface area contributed by atoms with Gasteiger partial charge < -0.3 is 10.1 Å². The van der Waals surface area contributed by atoms with E-state index in [0.717, 1.165) is 27.1 Å². The topological polar surface area (TPSA) is 70.2 Å². The summed E-state index contributed by atoms with van der Waals surface area (Å²) < 4.78 is 6.99. The number of nitrogens with zero attached hydrogens (tertiary/aromatic N) is 2. The highest BCUT2D eigenvalue weighted by atomic mass is 35.5. The minimum Gasteiger partial charge on any atom is -0.495 e. The summed E-state index contributed by atoms with van der Waals surface area (Å²) in [5.74, 6) is 0.438. The lowest BCUT2D eigenvalue weighted by molar-refractivity contribution is -0.116. The predicted octanol–water partition coefficient (Wildman–Crippen LogP) is 4.42. The van der Waals surface area contributed by atoms with Crippen molar-refractivity contribution in [2.75, 3.05) is 26.0 Å². The van der Waals surface area contributed by atoms with E-state index >= 15 is 0 Å². The molecular formula is C19H21ClN4O2S. The van der Waals surface area contributed by atoms with Gasteiger partial charge in [0.05, 0.1) is 23.6 Å². The summed E-state index contributed by atoms with van der Waals surface area (Å²) in [5.41, 5.74) is 3.73. The number of carbonyl (C=O) groups excluding carboxylic acids is 1. The minimum absolute atomic E-state index is 0.131. The number of anilines is 1. The maximum Gasteiger partial charge on any atom is 0.239 e. The highest BCUT2D eigenvalue weighted by Crippen LogP contribution is 2.31. The monoisotopic (exact) mass is 404 g/mol. The van der Waals surface area contributed by atoms with Crippen LogP contribution in [0.25, 0.3) is 10.9 Å². The van der Waals surface area contributed by atoms with E-state index in [1.165, 1.54) is 11.9 Å². The molecule has 0 spiro atoms. The summed E-state index contributed by atoms with van der Waals surface area (Å²) in [5, 5.41) is 11.8. The zero-order chi connectivity index (χ0) is 19.6. The quantitative estimate of drug-likeness (QED) is 0.595. The minimum atomic E-state index is -0.131. The summed E-state index contributed by atoms with van der Waals surface area (Å²) in [6, 6.07) is 9.33. The van der Waals surface area contributed by atoms with Gasteiger partial charge in [0.15, 0.2) is 0 Å². The number of ether oxygens (including phenoxy) is 1. The lowest BCUT2D eigenvalue weighted by Gasteiger charge is -2.16. The standard InChI is InChI=1S/C19H21ClN4O2S/c1-11-7-14-12(2)22-23-19(14)17(8-11)27-24(3)10-18(25)21-13-5-6-16(26-4)15(20)9-13/h5-9H,10H2,1-4H3,(H,21,25)(H,22,23). The Morgan fingerprint density at radius 1 is 1.33 bits per heavy atom. The number of rotatable bonds is 6. The fourth-order valence-corrected chi connectivity index (χ4v) is 4.02. The third kappa shape index (κ3) is 4.55. The number of fused-ring (bicyclic) bond motifs is 1. The average Bonchev–Trinajstić information content (AvgIpc) is 2.96. The number of aromatic nitrogens is 2. The molecule has 3 rings (SSSR count). The smallest absolute Gasteiger partial charge is 0.239 e. The van der Waals surface area contributed by atoms with Crippen molar-refractivity contribution in [1.82, 2.24) is 14.5 Å². The van der Waals surface area contributed by atoms with E-state index in [2.05, 4.69) is 34.6 Å². The van der Waals surface area contributed by atoms with E-state index in [4.69, 9.17) is 16.3 Å². The number of H-pyrrole nitrogens is 1. The van der Waals surface area contributed by atoms with E-state index in [1.807, 2.05) is 18.3 Å². The molecule has 8 heteroatoms. The van der Waals surface area contributed by atoms with Gasteiger partial charge in [-0.15, -0.1) is 0 Å². The van der Waals surface area contributed by atoms with Crippen LogP contribution in [-0.2, 0) is 4.79 Å². The molecule has 0 aliphatic carbocycles. The molecule has 0 atom stereocenters. The van der Waals surface area contributed by atoms with Crippen LogP contribution < -0.4 is 10.1 Å². The molecule has 2 N–H and O–H groups in total. The molecule has 0 radical (unpaired) electrons. The van der Waals surface area contributed by atoms with Gasteiger partial charge >= 0.3 is 0 Å². The number of hydrogen-bond donors (Lipinski definition) is 2. The molecular weight excluding hydrogens is 384 g/mol. The Labute approximate surface area is 167 Å². The number of aromatic amines is 1. The number of likely N-dealkylation sites (N-methyl/N-ethyl adjacent to an activating group) is 1. The third-order valence-electron chi connectivity index (χ3n) is 4.01. The van der Waals surface area contributed by atoms with Crippen molar-refractivity contribution in [1.29, 1.82) is 0 Å². The number of nitrogens with one attached hydrogen (secondary N) is 2. The van der Waals surface area contributed by atoms with Crippen molar-refractivity contribution in [3.63, 3.8) is 0 Å². The molecule has 0 bridgehead atoms. The van der Waals surface area contributed by atoms with Crippen molar-refractivity contribution in [3.05, 3.63) is 46.6 Å². The van der Waals surface area contributed by atoms with E-state index in [-0.39, 0.29) is 12.5 Å². The van der Waals surface area contributed by atoms with E-state index in [0.29, 0.717) is 16.5 Å². The average molecular weight is 405 g/mol. The van der Waals surface area contributed by atoms with Gasteiger partial charge in [-0.2, -0.15) is 5.10 Å². The molecule has 1 amide bonds. The number of methoxy groups -OCH3 is 1. The summed E-state index contributed by atoms with van der Waals surface area (Å²) in [6.07, 6.45) is 0. The third-order valence-corrected chi connectivity index (χ3v) is 5.26. The molecule has 0 aliphatic rings. The van der Waals surface area contributed by atoms with Crippen LogP contribution in [0.1, 0.15) is 11.3 Å². The van der Waals surface area contributed by atoms with Gasteiger partial charge in [0.1, 0.15) is 11.3 Å². The second-order valence-electron chi connectivity index (χ2n) is 6.28. The fourth-order valence-electron chi connectivity index (χ4n) is 2.76. The second kappa shape index (κ2) is 8.21. The van der Waals surface area contributed by atoms with Gasteiger partial charge in [0, 0.05) is 16.8 Å². The first-order valence-corrected chi connectivity index (χ1v) is 9.50. The maximum atomic E-state index is 12.4. The van der Waals surface area contributed by atoms with E-state index in [9.17, 15) is 4.79 Å². The van der Waals surface area contributed by atoms with Crippen LogP contribution in [0.3, 0.4) is 0 Å². The first-order chi connectivity index (χ1) is 12.9. The Morgan fingerprint density at radius 3 is 2.81 bits per heavy atom. The second-order valence-corrected chi connectivity index (χ2v) is 7.94. The molecule has 0 unspecified atom stereocenters. The van der Waals surface area contributed by atoms with Gasteiger partial charge in [0.25, 0.3) is 0 Å². The maximum absolute atomic E-state index is 12.4. The molecule has 1 aromatic heterocycles. The summed E-state index contributed by atoms with van der Waals surface area (Å²) >= 11 is 7.59. The van der Waals surface area contributed by atoms with Gasteiger partial charge in [-0.05, 0) is 68.7 Å². The highest BCUT2D eigenvalue weighted by molar-refractivity contribution is 7.97. The molecule has 3 aromatic rings. The van der Waals surface area contributed by atoms with Crippen LogP contribution in [0.4, 0.5) is 5.69 Å². The van der Waals surface area contributed by atoms with Gasteiger partial charge in [0.2, 0.25) is 5.91 Å². The molecule has 0 fully saturated rings. The number of halogens is 1. The highest BCUT2D eigenvalue weighted by Gasteiger charge is 2.14. The van der Waals surface area contributed by atoms with Crippen molar-refractivity contribution in [3.8, 4) is 5.75 Å². The largest absolute Gasteiger partial charge is 0.495 e. The van der Waals surface area contributed by atoms with Gasteiger partial charge in [-0.25, -0.2) is 4.31 Å². The molecule has 0 aliphatic heterocycles. The summed E-state index contributed by atoms with van der Waals surface area (Å²) in [4.78, 5) is 13.4. The predicted molar refractivity (Wildman–Crippen MR) is 111 cm³/mol. The fraction of sp³-hybridized carbons (Fsp3) is 0.263. The van der Waals surface area contributed by atoms with Gasteiger partial charge in [-0.3, -0.25) is 9.89 Å². The number of benzene rings is 2. The van der Waals surface area contributed by atoms with E-state index in [1.54, 1.807) is 25.3 Å². The molecule has 0 saturated carbocycles. The summed E-state index contributed by atoms with van der Waals surface area (Å²) in [7, 11) is 3.42. The SMILES string of the molecule is COc1ccc(NC(=O)CN(C)Sc2cc(C)cc3c(C)[nH]nc23)cc1Cl. The normalized spacial score (nSPS) is 11.2. The molecule has 6 nitrogen and oxygen atoms in total. The number of hydrogen-bond acceptors (Lipinski definition) is 5. The zero-order valence-electron chi connectivity index (χ0n) is 15.6. The summed E-state index contributed by atoms with van der Waals surface area (Å²) in [6.45, 7) is 4.27. The van der Waals surface area contributed by atoms with Crippen LogP contribution in [0.15, 0.2) is 35.2 Å². The van der Waals surface area contributed by atoms with Gasteiger partial charge in [-0.1, -0.05) is 11.6 Å². The van der Waals surface area contributed by atoms with Crippen molar-refractivity contribution < 1.29 is 9.53 Å². The Kier molecular flexibility index (Phi) is 5.94. The number of carbonyl (C=O) groups is 1. The van der Waals surface area contributed by atoms with Crippen molar-refractivity contribution in [2.45, 2.75) is 18.7 Å². The Bertz CT molecular complexity index is 989. The van der Waals surface area contributed by atoms with E-state index < -0.39 is 0 Å².